The Morgan fingerprint density at radius 3 is 2.87 bits per heavy atom. The number of anilines is 1. The molecule has 9 nitrogen and oxygen atoms in total. The number of halogens is 1. The summed E-state index contributed by atoms with van der Waals surface area (Å²) in [5.41, 5.74) is 5.00. The van der Waals surface area contributed by atoms with E-state index < -0.39 is 5.60 Å². The lowest BCUT2D eigenvalue weighted by Crippen LogP contribution is -2.45. The molecule has 0 radical (unpaired) electrons. The number of carbonyl (C=O) groups is 1. The van der Waals surface area contributed by atoms with Gasteiger partial charge in [-0.2, -0.15) is 5.10 Å². The van der Waals surface area contributed by atoms with Crippen LogP contribution in [0.3, 0.4) is 0 Å². The van der Waals surface area contributed by atoms with Crippen molar-refractivity contribution in [2.75, 3.05) is 38.4 Å². The number of thioether (sulfide) groups is 1. The van der Waals surface area contributed by atoms with Gasteiger partial charge in [-0.25, -0.2) is 9.97 Å². The molecule has 3 aliphatic rings. The van der Waals surface area contributed by atoms with Crippen LogP contribution in [0.1, 0.15) is 58.0 Å². The number of rotatable bonds is 3. The molecule has 2 atom stereocenters. The minimum absolute atomic E-state index is 0.0215. The van der Waals surface area contributed by atoms with E-state index in [1.54, 1.807) is 19.0 Å². The van der Waals surface area contributed by atoms with Gasteiger partial charge in [0.2, 0.25) is 0 Å². The molecule has 1 aromatic carbocycles. The van der Waals surface area contributed by atoms with E-state index in [2.05, 4.69) is 16.9 Å². The van der Waals surface area contributed by atoms with Crippen molar-refractivity contribution in [3.63, 3.8) is 0 Å². The van der Waals surface area contributed by atoms with Gasteiger partial charge in [-0.3, -0.25) is 9.48 Å². The summed E-state index contributed by atoms with van der Waals surface area (Å²) in [6.45, 7) is 5.06. The first kappa shape index (κ1) is 25.6. The lowest BCUT2D eigenvalue weighted by atomic mass is 9.80. The van der Waals surface area contributed by atoms with E-state index in [0.717, 1.165) is 58.6 Å². The second-order valence-electron chi connectivity index (χ2n) is 10.3. The Kier molecular flexibility index (Phi) is 6.62. The molecule has 6 rings (SSSR count). The fourth-order valence-corrected chi connectivity index (χ4v) is 6.17. The Morgan fingerprint density at radius 1 is 1.24 bits per heavy atom. The number of ether oxygens (including phenoxy) is 2. The van der Waals surface area contributed by atoms with Gasteiger partial charge in [0.25, 0.3) is 5.91 Å². The molecule has 3 aromatic rings. The summed E-state index contributed by atoms with van der Waals surface area (Å²) in [6, 6.07) is 7.86. The summed E-state index contributed by atoms with van der Waals surface area (Å²) in [5, 5.41) is 6.00. The Bertz CT molecular complexity index is 1410. The molecule has 0 N–H and O–H groups in total. The van der Waals surface area contributed by atoms with Crippen LogP contribution in [-0.4, -0.2) is 64.1 Å². The summed E-state index contributed by atoms with van der Waals surface area (Å²) < 4.78 is 14.8. The molecule has 0 bridgehead atoms. The van der Waals surface area contributed by atoms with Crippen LogP contribution in [0.4, 0.5) is 5.82 Å². The third-order valence-corrected chi connectivity index (χ3v) is 8.41. The fourth-order valence-electron chi connectivity index (χ4n) is 5.62. The number of amides is 1. The molecule has 1 spiro atoms. The number of aromatic nitrogens is 4. The molecule has 0 saturated carbocycles. The molecule has 3 aliphatic heterocycles. The third-order valence-electron chi connectivity index (χ3n) is 7.63. The summed E-state index contributed by atoms with van der Waals surface area (Å²) in [7, 11) is 3.49. The first-order valence-corrected chi connectivity index (χ1v) is 14.4. The lowest BCUT2D eigenvalue weighted by Gasteiger charge is -2.44. The van der Waals surface area contributed by atoms with Crippen molar-refractivity contribution in [2.45, 2.75) is 56.3 Å². The first-order chi connectivity index (χ1) is 18.3. The molecule has 0 aliphatic carbocycles. The van der Waals surface area contributed by atoms with Crippen LogP contribution >= 0.6 is 23.4 Å². The largest absolute Gasteiger partial charge is 0.370 e. The molecule has 1 amide bonds. The molecule has 11 heteroatoms. The predicted molar refractivity (Wildman–Crippen MR) is 146 cm³/mol. The van der Waals surface area contributed by atoms with Gasteiger partial charge in [-0.05, 0) is 48.9 Å². The third kappa shape index (κ3) is 4.37. The number of hydrogen-bond acceptors (Lipinski definition) is 8. The zero-order chi connectivity index (χ0) is 26.6. The van der Waals surface area contributed by atoms with E-state index in [1.165, 1.54) is 11.8 Å². The zero-order valence-electron chi connectivity index (χ0n) is 22.0. The van der Waals surface area contributed by atoms with Crippen LogP contribution in [0.15, 0.2) is 29.4 Å². The molecular formula is C27H31ClN6O3S. The van der Waals surface area contributed by atoms with Gasteiger partial charge in [0.15, 0.2) is 10.9 Å². The van der Waals surface area contributed by atoms with Crippen molar-refractivity contribution in [1.29, 1.82) is 0 Å². The molecule has 2 aromatic heterocycles. The monoisotopic (exact) mass is 554 g/mol. The summed E-state index contributed by atoms with van der Waals surface area (Å²) >= 11 is 7.97. The Labute approximate surface area is 231 Å². The normalized spacial score (nSPS) is 22.4. The van der Waals surface area contributed by atoms with E-state index in [-0.39, 0.29) is 12.0 Å². The molecular weight excluding hydrogens is 524 g/mol. The zero-order valence-corrected chi connectivity index (χ0v) is 23.6. The van der Waals surface area contributed by atoms with Crippen molar-refractivity contribution in [2.24, 2.45) is 0 Å². The Hall–Kier alpha value is -2.66. The summed E-state index contributed by atoms with van der Waals surface area (Å²) in [5.74, 6) is 0.796. The van der Waals surface area contributed by atoms with E-state index in [4.69, 9.17) is 31.0 Å². The minimum atomic E-state index is -0.639. The molecule has 0 fully saturated rings. The highest BCUT2D eigenvalue weighted by atomic mass is 35.5. The lowest BCUT2D eigenvalue weighted by molar-refractivity contribution is -0.148. The van der Waals surface area contributed by atoms with E-state index in [1.807, 2.05) is 35.2 Å². The molecule has 5 heterocycles. The average Bonchev–Trinajstić information content (AvgIpc) is 3.20. The minimum Gasteiger partial charge on any atom is -0.370 e. The maximum atomic E-state index is 12.5. The molecule has 38 heavy (non-hydrogen) atoms. The Morgan fingerprint density at radius 2 is 2.08 bits per heavy atom. The number of hydrogen-bond donors (Lipinski definition) is 0. The second kappa shape index (κ2) is 9.82. The van der Waals surface area contributed by atoms with Crippen LogP contribution < -0.4 is 4.90 Å². The van der Waals surface area contributed by atoms with E-state index in [0.29, 0.717) is 36.9 Å². The topological polar surface area (TPSA) is 85.6 Å². The smallest absolute Gasteiger partial charge is 0.273 e. The van der Waals surface area contributed by atoms with Crippen LogP contribution in [0.5, 0.6) is 0 Å². The van der Waals surface area contributed by atoms with Gasteiger partial charge in [0.05, 0.1) is 37.3 Å². The number of aryl methyl sites for hydroxylation is 1. The molecule has 200 valence electrons. The van der Waals surface area contributed by atoms with Crippen molar-refractivity contribution in [1.82, 2.24) is 24.6 Å². The number of carbonyl (C=O) groups excluding carboxylic acids is 1. The number of fused-ring (bicyclic) bond motifs is 4. The quantitative estimate of drug-likeness (QED) is 0.351. The van der Waals surface area contributed by atoms with Crippen LogP contribution in [0.2, 0.25) is 5.02 Å². The van der Waals surface area contributed by atoms with E-state index >= 15 is 0 Å². The molecule has 0 unspecified atom stereocenters. The maximum absolute atomic E-state index is 12.5. The van der Waals surface area contributed by atoms with Gasteiger partial charge >= 0.3 is 0 Å². The van der Waals surface area contributed by atoms with Gasteiger partial charge in [0, 0.05) is 44.2 Å². The van der Waals surface area contributed by atoms with Crippen LogP contribution in [-0.2, 0) is 41.2 Å². The van der Waals surface area contributed by atoms with E-state index in [9.17, 15) is 4.79 Å². The second-order valence-corrected chi connectivity index (χ2v) is 11.5. The first-order valence-electron chi connectivity index (χ1n) is 12.8. The predicted octanol–water partition coefficient (Wildman–Crippen LogP) is 4.22. The van der Waals surface area contributed by atoms with Crippen molar-refractivity contribution in [3.05, 3.63) is 63.1 Å². The van der Waals surface area contributed by atoms with Crippen LogP contribution in [0.25, 0.3) is 0 Å². The highest BCUT2D eigenvalue weighted by molar-refractivity contribution is 7.98. The number of benzene rings is 1. The van der Waals surface area contributed by atoms with Gasteiger partial charge in [0.1, 0.15) is 11.4 Å². The molecule has 0 saturated heterocycles. The van der Waals surface area contributed by atoms with Crippen molar-refractivity contribution in [3.8, 4) is 0 Å². The maximum Gasteiger partial charge on any atom is 0.273 e. The van der Waals surface area contributed by atoms with Gasteiger partial charge in [-0.1, -0.05) is 29.4 Å². The fraction of sp³-hybridized carbons (Fsp3) is 0.481. The average molecular weight is 555 g/mol. The van der Waals surface area contributed by atoms with Gasteiger partial charge < -0.3 is 19.3 Å². The standard InChI is InChI=1S/C27H31ClN6O3S/c1-16-19-7-6-17(28)10-21(19)27(15-36-16)12-23-20(14-37-27)24(30-26(29-23)38-4)33-8-5-9-34-18(13-33)11-22(31-34)25(35)32(2)3/h6-7,10-11,16H,5,8-9,12-15H2,1-4H3/t16-,27-/m0/s1. The highest BCUT2D eigenvalue weighted by Crippen LogP contribution is 2.46. The van der Waals surface area contributed by atoms with Gasteiger partial charge in [-0.15, -0.1) is 0 Å². The Balaban J connectivity index is 1.37. The van der Waals surface area contributed by atoms with Crippen molar-refractivity contribution < 1.29 is 14.3 Å². The highest BCUT2D eigenvalue weighted by Gasteiger charge is 2.45. The SMILES string of the molecule is CSc1nc2c(c(N3CCCn4nc(C(=O)N(C)C)cc4C3)n1)CO[C@]1(CO[C@@H](C)c3ccc(Cl)cc31)C2. The number of nitrogens with zero attached hydrogens (tertiary/aromatic N) is 6. The summed E-state index contributed by atoms with van der Waals surface area (Å²) in [4.78, 5) is 26.3. The van der Waals surface area contributed by atoms with Crippen molar-refractivity contribution >= 4 is 35.1 Å². The summed E-state index contributed by atoms with van der Waals surface area (Å²) in [6.07, 6.45) is 3.45. The van der Waals surface area contributed by atoms with Crippen LogP contribution in [0, 0.1) is 0 Å².